The highest BCUT2D eigenvalue weighted by Gasteiger charge is 2.33. The van der Waals surface area contributed by atoms with Crippen LogP contribution in [0.2, 0.25) is 0 Å². The van der Waals surface area contributed by atoms with Crippen LogP contribution >= 0.6 is 0 Å². The molecular weight excluding hydrogens is 877 g/mol. The van der Waals surface area contributed by atoms with Gasteiger partial charge in [0, 0.05) is 68.8 Å². The van der Waals surface area contributed by atoms with E-state index in [4.69, 9.17) is 17.2 Å². The number of likely N-dealkylation sites (N-methyl/N-ethyl adjacent to an activating group) is 1. The van der Waals surface area contributed by atoms with Crippen LogP contribution < -0.4 is 49.1 Å². The monoisotopic (exact) mass is 941 g/mol. The Morgan fingerprint density at radius 3 is 1.99 bits per heavy atom. The molecule has 2 heterocycles. The topological polar surface area (TPSA) is 347 Å². The Bertz CT molecular complexity index is 2370. The number of aromatic nitrogens is 3. The van der Waals surface area contributed by atoms with E-state index in [0.717, 1.165) is 27.8 Å². The summed E-state index contributed by atoms with van der Waals surface area (Å²) in [5.74, 6) is -5.57. The van der Waals surface area contributed by atoms with E-state index in [0.29, 0.717) is 24.1 Å². The molecule has 22 nitrogen and oxygen atoms in total. The van der Waals surface area contributed by atoms with Gasteiger partial charge < -0.3 is 64.0 Å². The number of hydrogen-bond donors (Lipinski definition) is 11. The van der Waals surface area contributed by atoms with Crippen LogP contribution in [0.4, 0.5) is 0 Å². The highest BCUT2D eigenvalue weighted by molar-refractivity contribution is 5.97. The van der Waals surface area contributed by atoms with Crippen molar-refractivity contribution in [1.82, 2.24) is 51.8 Å². The van der Waals surface area contributed by atoms with Gasteiger partial charge in [-0.1, -0.05) is 68.3 Å². The van der Waals surface area contributed by atoms with Gasteiger partial charge in [0.1, 0.15) is 36.3 Å². The molecule has 0 saturated heterocycles. The minimum absolute atomic E-state index is 0.00709. The third kappa shape index (κ3) is 16.9. The SMILES string of the molecule is CCCCC(NC(C)=O)C(=O)NC(C)C(=O)NC(Cc1cnc[nH]1)C(=O)NC(Cc1ccccc1)C(=O)NC(CCCN=C(N)N)C(=O)N(C)CC(=O)NC(Cc1c[nH]c2ccccc12)C(N)=O. The molecule has 0 spiro atoms. The minimum atomic E-state index is -1.32. The van der Waals surface area contributed by atoms with Crippen molar-refractivity contribution in [1.29, 1.82) is 0 Å². The number of guanidine groups is 1. The van der Waals surface area contributed by atoms with Crippen molar-refractivity contribution in [3.05, 3.63) is 90.1 Å². The Labute approximate surface area is 394 Å². The van der Waals surface area contributed by atoms with Gasteiger partial charge in [0.2, 0.25) is 47.3 Å². The molecule has 0 radical (unpaired) electrons. The van der Waals surface area contributed by atoms with Crippen LogP contribution in [0.3, 0.4) is 0 Å². The number of nitrogens with one attached hydrogen (secondary N) is 8. The number of benzene rings is 2. The maximum atomic E-state index is 14.4. The fourth-order valence-corrected chi connectivity index (χ4v) is 7.33. The molecule has 6 atom stereocenters. The summed E-state index contributed by atoms with van der Waals surface area (Å²) in [5.41, 5.74) is 19.4. The van der Waals surface area contributed by atoms with Gasteiger partial charge >= 0.3 is 0 Å². The molecule has 0 bridgehead atoms. The fourth-order valence-electron chi connectivity index (χ4n) is 7.33. The first-order valence-electron chi connectivity index (χ1n) is 22.4. The molecule has 0 aliphatic rings. The molecule has 366 valence electrons. The van der Waals surface area contributed by atoms with Gasteiger partial charge in [0.05, 0.1) is 12.9 Å². The summed E-state index contributed by atoms with van der Waals surface area (Å²) in [6, 6.07) is 9.21. The normalized spacial score (nSPS) is 13.6. The smallest absolute Gasteiger partial charge is 0.245 e. The number of H-pyrrole nitrogens is 2. The molecule has 14 N–H and O–H groups in total. The first-order chi connectivity index (χ1) is 32.4. The molecule has 4 aromatic rings. The van der Waals surface area contributed by atoms with Gasteiger partial charge in [-0.25, -0.2) is 4.98 Å². The molecule has 8 amide bonds. The largest absolute Gasteiger partial charge is 0.370 e. The lowest BCUT2D eigenvalue weighted by atomic mass is 10.0. The Balaban J connectivity index is 1.53. The molecule has 0 aliphatic carbocycles. The van der Waals surface area contributed by atoms with E-state index in [1.54, 1.807) is 36.5 Å². The van der Waals surface area contributed by atoms with Gasteiger partial charge in [0.25, 0.3) is 0 Å². The Morgan fingerprint density at radius 2 is 1.34 bits per heavy atom. The van der Waals surface area contributed by atoms with Crippen molar-refractivity contribution in [2.45, 2.75) is 108 Å². The number of rotatable bonds is 27. The van der Waals surface area contributed by atoms with E-state index >= 15 is 0 Å². The quantitative estimate of drug-likeness (QED) is 0.0197. The summed E-state index contributed by atoms with van der Waals surface area (Å²) in [7, 11) is 1.36. The number of nitrogens with two attached hydrogens (primary N) is 3. The summed E-state index contributed by atoms with van der Waals surface area (Å²) >= 11 is 0. The maximum absolute atomic E-state index is 14.4. The highest BCUT2D eigenvalue weighted by Crippen LogP contribution is 2.19. The van der Waals surface area contributed by atoms with Gasteiger partial charge in [-0.3, -0.25) is 43.3 Å². The lowest BCUT2D eigenvalue weighted by Crippen LogP contribution is -2.59. The molecule has 2 aromatic carbocycles. The summed E-state index contributed by atoms with van der Waals surface area (Å²) in [4.78, 5) is 122. The standard InChI is InChI=1S/C46H64N14O8/c1-5-6-16-34(55-28(3)61)42(65)54-27(2)41(64)58-38(22-31-24-50-26-53-31)44(67)59-37(20-29-13-8-7-9-14-29)43(66)57-35(18-12-19-51-46(48)49)45(68)60(4)25-39(62)56-36(40(47)63)21-30-23-52-33-17-11-10-15-32(30)33/h7-11,13-15,17,23-24,26-27,34-38,52H,5-6,12,16,18-22,25H2,1-4H3,(H2,47,63)(H,50,53)(H,54,65)(H,55,61)(H,56,62)(H,57,66)(H,58,64)(H,59,67)(H4,48,49,51). The second kappa shape index (κ2) is 26.4. The number of aromatic amines is 2. The van der Waals surface area contributed by atoms with E-state index in [9.17, 15) is 38.4 Å². The molecule has 6 unspecified atom stereocenters. The molecule has 68 heavy (non-hydrogen) atoms. The zero-order chi connectivity index (χ0) is 49.8. The van der Waals surface area contributed by atoms with E-state index in [2.05, 4.69) is 51.8 Å². The van der Waals surface area contributed by atoms with Crippen molar-refractivity contribution in [2.24, 2.45) is 22.2 Å². The van der Waals surface area contributed by atoms with Gasteiger partial charge in [0.15, 0.2) is 5.96 Å². The number of carbonyl (C=O) groups is 8. The summed E-state index contributed by atoms with van der Waals surface area (Å²) < 4.78 is 0. The molecule has 0 saturated carbocycles. The second-order valence-corrected chi connectivity index (χ2v) is 16.5. The summed E-state index contributed by atoms with van der Waals surface area (Å²) in [6.45, 7) is 4.25. The number of aliphatic imine (C=N–C) groups is 1. The Morgan fingerprint density at radius 1 is 0.706 bits per heavy atom. The molecule has 0 fully saturated rings. The van der Waals surface area contributed by atoms with Crippen molar-refractivity contribution in [3.8, 4) is 0 Å². The van der Waals surface area contributed by atoms with E-state index in [1.165, 1.54) is 33.4 Å². The molecule has 4 rings (SSSR count). The zero-order valence-corrected chi connectivity index (χ0v) is 38.8. The number of fused-ring (bicyclic) bond motifs is 1. The van der Waals surface area contributed by atoms with Gasteiger partial charge in [-0.05, 0) is 43.4 Å². The molecular formula is C46H64N14O8. The van der Waals surface area contributed by atoms with Crippen LogP contribution in [0.5, 0.6) is 0 Å². The van der Waals surface area contributed by atoms with Crippen LogP contribution in [-0.2, 0) is 57.6 Å². The number of imidazole rings is 1. The first-order valence-corrected chi connectivity index (χ1v) is 22.4. The summed E-state index contributed by atoms with van der Waals surface area (Å²) in [6.07, 6.45) is 6.53. The van der Waals surface area contributed by atoms with E-state index in [1.807, 2.05) is 31.2 Å². The van der Waals surface area contributed by atoms with Crippen LogP contribution in [0, 0.1) is 0 Å². The van der Waals surface area contributed by atoms with Crippen molar-refractivity contribution >= 4 is 64.1 Å². The Kier molecular flexibility index (Phi) is 20.5. The predicted molar refractivity (Wildman–Crippen MR) is 254 cm³/mol. The number of para-hydroxylation sites is 1. The number of unbranched alkanes of at least 4 members (excludes halogenated alkanes) is 1. The average molecular weight is 941 g/mol. The van der Waals surface area contributed by atoms with E-state index < -0.39 is 90.1 Å². The number of amides is 8. The number of hydrogen-bond acceptors (Lipinski definition) is 10. The maximum Gasteiger partial charge on any atom is 0.245 e. The minimum Gasteiger partial charge on any atom is -0.370 e. The second-order valence-electron chi connectivity index (χ2n) is 16.5. The number of carbonyl (C=O) groups excluding carboxylic acids is 8. The third-order valence-electron chi connectivity index (χ3n) is 10.9. The average Bonchev–Trinajstić information content (AvgIpc) is 3.97. The zero-order valence-electron chi connectivity index (χ0n) is 38.8. The van der Waals surface area contributed by atoms with Crippen LogP contribution in [0.15, 0.2) is 78.3 Å². The van der Waals surface area contributed by atoms with Crippen LogP contribution in [0.1, 0.15) is 69.7 Å². The van der Waals surface area contributed by atoms with Crippen molar-refractivity contribution < 1.29 is 38.4 Å². The van der Waals surface area contributed by atoms with Crippen LogP contribution in [0.25, 0.3) is 10.9 Å². The van der Waals surface area contributed by atoms with Gasteiger partial charge in [-0.15, -0.1) is 0 Å². The summed E-state index contributed by atoms with van der Waals surface area (Å²) in [5, 5.41) is 16.9. The lowest BCUT2D eigenvalue weighted by Gasteiger charge is -2.28. The fraction of sp³-hybridized carbons (Fsp3) is 0.435. The Hall–Kier alpha value is -7.78. The first kappa shape index (κ1) is 52.8. The lowest BCUT2D eigenvalue weighted by molar-refractivity contribution is -0.139. The molecule has 2 aromatic heterocycles. The van der Waals surface area contributed by atoms with Crippen molar-refractivity contribution in [2.75, 3.05) is 20.1 Å². The number of nitrogens with zero attached hydrogens (tertiary/aromatic N) is 3. The van der Waals surface area contributed by atoms with Crippen molar-refractivity contribution in [3.63, 3.8) is 0 Å². The molecule has 0 aliphatic heterocycles. The highest BCUT2D eigenvalue weighted by atomic mass is 16.2. The van der Waals surface area contributed by atoms with Gasteiger partial charge in [-0.2, -0.15) is 0 Å². The van der Waals surface area contributed by atoms with E-state index in [-0.39, 0.29) is 44.6 Å². The molecule has 22 heteroatoms. The van der Waals surface area contributed by atoms with Crippen LogP contribution in [-0.4, -0.2) is 129 Å². The number of primary amides is 1. The third-order valence-corrected chi connectivity index (χ3v) is 10.9. The predicted octanol–water partition coefficient (Wildman–Crippen LogP) is -0.945.